The van der Waals surface area contributed by atoms with Crippen molar-refractivity contribution in [2.24, 2.45) is 0 Å². The number of hydrogen-bond donors (Lipinski definition) is 2. The van der Waals surface area contributed by atoms with Crippen molar-refractivity contribution < 1.29 is 4.79 Å². The van der Waals surface area contributed by atoms with E-state index in [1.807, 2.05) is 37.3 Å². The maximum Gasteiger partial charge on any atom is 0.258 e. The Bertz CT molecular complexity index is 1160. The Morgan fingerprint density at radius 1 is 0.929 bits per heavy atom. The number of carbonyl (C=O) groups excluding carboxylic acids is 1. The Balaban J connectivity index is 1.52. The number of pyridine rings is 1. The molecule has 2 heterocycles. The maximum absolute atomic E-state index is 12.5. The van der Waals surface area contributed by atoms with E-state index in [9.17, 15) is 4.79 Å². The Morgan fingerprint density at radius 3 is 2.46 bits per heavy atom. The summed E-state index contributed by atoms with van der Waals surface area (Å²) in [4.78, 5) is 25.3. The summed E-state index contributed by atoms with van der Waals surface area (Å²) in [7, 11) is 0. The number of benzene rings is 2. The van der Waals surface area contributed by atoms with Gasteiger partial charge in [0, 0.05) is 34.7 Å². The van der Waals surface area contributed by atoms with Crippen LogP contribution in [0.2, 0.25) is 5.02 Å². The van der Waals surface area contributed by atoms with Crippen molar-refractivity contribution in [3.63, 3.8) is 0 Å². The van der Waals surface area contributed by atoms with Gasteiger partial charge in [-0.15, -0.1) is 0 Å². The van der Waals surface area contributed by atoms with Gasteiger partial charge in [-0.1, -0.05) is 35.9 Å². The Morgan fingerprint density at radius 2 is 1.64 bits per heavy atom. The van der Waals surface area contributed by atoms with Crippen LogP contribution in [-0.4, -0.2) is 20.9 Å². The number of hydrogen-bond acceptors (Lipinski definition) is 5. The third-order valence-electron chi connectivity index (χ3n) is 4.31. The third-order valence-corrected chi connectivity index (χ3v) is 4.72. The number of halogens is 1. The van der Waals surface area contributed by atoms with Crippen LogP contribution >= 0.6 is 11.6 Å². The molecule has 6 nitrogen and oxygen atoms in total. The number of para-hydroxylation sites is 1. The zero-order chi connectivity index (χ0) is 19.5. The van der Waals surface area contributed by atoms with E-state index in [2.05, 4.69) is 25.6 Å². The highest BCUT2D eigenvalue weighted by atomic mass is 35.5. The maximum atomic E-state index is 12.5. The molecule has 0 fully saturated rings. The first kappa shape index (κ1) is 17.9. The van der Waals surface area contributed by atoms with Crippen molar-refractivity contribution in [3.8, 4) is 0 Å². The lowest BCUT2D eigenvalue weighted by Crippen LogP contribution is -2.14. The number of fused-ring (bicyclic) bond motifs is 1. The molecule has 2 aromatic carbocycles. The quantitative estimate of drug-likeness (QED) is 0.514. The van der Waals surface area contributed by atoms with Crippen LogP contribution in [0.15, 0.2) is 67.1 Å². The molecule has 0 aliphatic carbocycles. The molecule has 2 aromatic heterocycles. The standard InChI is InChI=1S/C21H16ClN5O/c1-13-16(22)7-3-8-17(13)26-20(28)15-11-24-21(25-12-15)27-18-9-2-5-14-6-4-10-23-19(14)18/h2-12H,1H3,(H,26,28)(H,24,25,27). The van der Waals surface area contributed by atoms with Crippen molar-refractivity contribution in [1.82, 2.24) is 15.0 Å². The molecule has 0 saturated heterocycles. The van der Waals surface area contributed by atoms with Gasteiger partial charge >= 0.3 is 0 Å². The molecule has 0 bridgehead atoms. The van der Waals surface area contributed by atoms with Gasteiger partial charge in [0.15, 0.2) is 0 Å². The predicted molar refractivity (Wildman–Crippen MR) is 111 cm³/mol. The SMILES string of the molecule is Cc1c(Cl)cccc1NC(=O)c1cnc(Nc2cccc3cccnc23)nc1. The average molecular weight is 390 g/mol. The first-order valence-electron chi connectivity index (χ1n) is 8.61. The number of nitrogens with zero attached hydrogens (tertiary/aromatic N) is 3. The van der Waals surface area contributed by atoms with E-state index in [4.69, 9.17) is 11.6 Å². The van der Waals surface area contributed by atoms with Crippen molar-refractivity contribution in [2.75, 3.05) is 10.6 Å². The molecule has 28 heavy (non-hydrogen) atoms. The summed E-state index contributed by atoms with van der Waals surface area (Å²) in [6, 6.07) is 15.0. The lowest BCUT2D eigenvalue weighted by Gasteiger charge is -2.10. The summed E-state index contributed by atoms with van der Waals surface area (Å²) in [5, 5.41) is 7.58. The van der Waals surface area contributed by atoms with Crippen LogP contribution in [0.4, 0.5) is 17.3 Å². The number of aromatic nitrogens is 3. The minimum absolute atomic E-state index is 0.302. The smallest absolute Gasteiger partial charge is 0.258 e. The average Bonchev–Trinajstić information content (AvgIpc) is 2.72. The second-order valence-corrected chi connectivity index (χ2v) is 6.57. The fraction of sp³-hybridized carbons (Fsp3) is 0.0476. The number of carbonyl (C=O) groups is 1. The predicted octanol–water partition coefficient (Wildman–Crippen LogP) is 4.98. The van der Waals surface area contributed by atoms with Gasteiger partial charge in [-0.3, -0.25) is 9.78 Å². The lowest BCUT2D eigenvalue weighted by molar-refractivity contribution is 0.102. The second-order valence-electron chi connectivity index (χ2n) is 6.17. The van der Waals surface area contributed by atoms with E-state index in [0.717, 1.165) is 22.2 Å². The van der Waals surface area contributed by atoms with Crippen molar-refractivity contribution in [2.45, 2.75) is 6.92 Å². The van der Waals surface area contributed by atoms with Gasteiger partial charge in [-0.25, -0.2) is 9.97 Å². The van der Waals surface area contributed by atoms with Crippen LogP contribution in [0, 0.1) is 6.92 Å². The molecule has 0 radical (unpaired) electrons. The zero-order valence-corrected chi connectivity index (χ0v) is 15.7. The molecular weight excluding hydrogens is 374 g/mol. The Hall–Kier alpha value is -3.51. The third kappa shape index (κ3) is 3.63. The van der Waals surface area contributed by atoms with Gasteiger partial charge < -0.3 is 10.6 Å². The molecule has 0 aliphatic heterocycles. The highest BCUT2D eigenvalue weighted by Crippen LogP contribution is 2.24. The fourth-order valence-electron chi connectivity index (χ4n) is 2.77. The zero-order valence-electron chi connectivity index (χ0n) is 15.0. The van der Waals surface area contributed by atoms with E-state index in [1.54, 1.807) is 24.4 Å². The van der Waals surface area contributed by atoms with E-state index in [1.165, 1.54) is 12.4 Å². The molecular formula is C21H16ClN5O. The van der Waals surface area contributed by atoms with Gasteiger partial charge in [0.2, 0.25) is 5.95 Å². The number of amides is 1. The molecule has 4 rings (SSSR count). The monoisotopic (exact) mass is 389 g/mol. The van der Waals surface area contributed by atoms with Gasteiger partial charge in [-0.05, 0) is 36.8 Å². The van der Waals surface area contributed by atoms with Crippen molar-refractivity contribution in [3.05, 3.63) is 83.3 Å². The van der Waals surface area contributed by atoms with Crippen LogP contribution in [-0.2, 0) is 0 Å². The molecule has 138 valence electrons. The summed E-state index contributed by atoms with van der Waals surface area (Å²) >= 11 is 6.09. The summed E-state index contributed by atoms with van der Waals surface area (Å²) in [5.41, 5.74) is 3.43. The highest BCUT2D eigenvalue weighted by molar-refractivity contribution is 6.31. The first-order valence-corrected chi connectivity index (χ1v) is 8.99. The van der Waals surface area contributed by atoms with Crippen LogP contribution in [0.25, 0.3) is 10.9 Å². The Labute approximate surface area is 166 Å². The highest BCUT2D eigenvalue weighted by Gasteiger charge is 2.11. The number of anilines is 3. The van der Waals surface area contributed by atoms with Crippen molar-refractivity contribution >= 4 is 45.7 Å². The molecule has 4 aromatic rings. The number of rotatable bonds is 4. The molecule has 2 N–H and O–H groups in total. The fourth-order valence-corrected chi connectivity index (χ4v) is 2.95. The molecule has 0 saturated carbocycles. The van der Waals surface area contributed by atoms with Gasteiger partial charge in [0.25, 0.3) is 5.91 Å². The van der Waals surface area contributed by atoms with E-state index in [0.29, 0.717) is 22.2 Å². The summed E-state index contributed by atoms with van der Waals surface area (Å²) in [6.07, 6.45) is 4.69. The van der Waals surface area contributed by atoms with Crippen molar-refractivity contribution in [1.29, 1.82) is 0 Å². The Kier molecular flexibility index (Phi) is 4.87. The van der Waals surface area contributed by atoms with Crippen LogP contribution in [0.1, 0.15) is 15.9 Å². The molecule has 0 spiro atoms. The van der Waals surface area contributed by atoms with E-state index in [-0.39, 0.29) is 5.91 Å². The lowest BCUT2D eigenvalue weighted by atomic mass is 10.2. The van der Waals surface area contributed by atoms with Crippen LogP contribution in [0.3, 0.4) is 0 Å². The molecule has 1 amide bonds. The molecule has 0 aliphatic rings. The first-order chi connectivity index (χ1) is 13.6. The largest absolute Gasteiger partial charge is 0.322 e. The minimum atomic E-state index is -0.302. The van der Waals surface area contributed by atoms with Crippen LogP contribution < -0.4 is 10.6 Å². The molecule has 7 heteroatoms. The van der Waals surface area contributed by atoms with Gasteiger partial charge in [0.1, 0.15) is 0 Å². The molecule has 0 atom stereocenters. The van der Waals surface area contributed by atoms with Gasteiger partial charge in [-0.2, -0.15) is 0 Å². The molecule has 0 unspecified atom stereocenters. The second kappa shape index (κ2) is 7.62. The van der Waals surface area contributed by atoms with Gasteiger partial charge in [0.05, 0.1) is 16.8 Å². The minimum Gasteiger partial charge on any atom is -0.322 e. The summed E-state index contributed by atoms with van der Waals surface area (Å²) in [5.74, 6) is 0.0809. The number of nitrogens with one attached hydrogen (secondary N) is 2. The van der Waals surface area contributed by atoms with E-state index >= 15 is 0 Å². The normalized spacial score (nSPS) is 10.6. The topological polar surface area (TPSA) is 79.8 Å². The summed E-state index contributed by atoms with van der Waals surface area (Å²) in [6.45, 7) is 1.85. The van der Waals surface area contributed by atoms with Crippen LogP contribution in [0.5, 0.6) is 0 Å². The van der Waals surface area contributed by atoms with E-state index < -0.39 is 0 Å². The summed E-state index contributed by atoms with van der Waals surface area (Å²) < 4.78 is 0.